The van der Waals surface area contributed by atoms with E-state index in [2.05, 4.69) is 17.4 Å². The highest BCUT2D eigenvalue weighted by atomic mass is 16.5. The number of unbranched alkanes of at least 4 members (excludes halogenated alkanes) is 1. The number of carboxylic acid groups (broad SMARTS) is 1. The zero-order valence-electron chi connectivity index (χ0n) is 21.2. The van der Waals surface area contributed by atoms with Gasteiger partial charge in [0, 0.05) is 30.1 Å². The fraction of sp³-hybridized carbons (Fsp3) is 0.290. The zero-order chi connectivity index (χ0) is 26.0. The average molecular weight is 499 g/mol. The van der Waals surface area contributed by atoms with E-state index in [0.29, 0.717) is 19.6 Å². The molecule has 0 radical (unpaired) electrons. The number of nitrogens with zero attached hydrogens (tertiary/aromatic N) is 1. The number of aryl methyl sites for hydroxylation is 1. The number of amides is 1. The van der Waals surface area contributed by atoms with E-state index in [4.69, 9.17) is 9.84 Å². The van der Waals surface area contributed by atoms with Crippen LogP contribution in [0.2, 0.25) is 0 Å². The van der Waals surface area contributed by atoms with Gasteiger partial charge in [0.05, 0.1) is 0 Å². The third-order valence-electron chi connectivity index (χ3n) is 6.57. The van der Waals surface area contributed by atoms with Crippen molar-refractivity contribution in [1.82, 2.24) is 9.88 Å². The minimum absolute atomic E-state index is 0.0327. The van der Waals surface area contributed by atoms with Crippen LogP contribution in [0.5, 0.6) is 5.75 Å². The summed E-state index contributed by atoms with van der Waals surface area (Å²) in [7, 11) is 0. The molecule has 2 N–H and O–H groups in total. The average Bonchev–Trinajstić information content (AvgIpc) is 3.28. The Balaban J connectivity index is 1.50. The van der Waals surface area contributed by atoms with E-state index in [0.717, 1.165) is 47.0 Å². The molecule has 0 spiro atoms. The maximum atomic E-state index is 13.0. The molecule has 0 aliphatic heterocycles. The number of carbonyl (C=O) groups is 2. The van der Waals surface area contributed by atoms with Crippen molar-refractivity contribution in [2.24, 2.45) is 0 Å². The Morgan fingerprint density at radius 1 is 0.919 bits per heavy atom. The molecule has 4 aromatic rings. The number of aromatic nitrogens is 1. The number of fused-ring (bicyclic) bond motifs is 1. The first-order valence-electron chi connectivity index (χ1n) is 12.8. The Morgan fingerprint density at radius 2 is 1.62 bits per heavy atom. The van der Waals surface area contributed by atoms with E-state index in [-0.39, 0.29) is 18.4 Å². The zero-order valence-corrected chi connectivity index (χ0v) is 21.2. The third-order valence-corrected chi connectivity index (χ3v) is 6.57. The van der Waals surface area contributed by atoms with E-state index in [1.807, 2.05) is 84.4 Å². The highest BCUT2D eigenvalue weighted by Gasteiger charge is 2.19. The topological polar surface area (TPSA) is 80.6 Å². The van der Waals surface area contributed by atoms with Gasteiger partial charge in [0.1, 0.15) is 18.4 Å². The number of hydrogen-bond acceptors (Lipinski definition) is 3. The van der Waals surface area contributed by atoms with Crippen LogP contribution < -0.4 is 10.1 Å². The number of ether oxygens (including phenoxy) is 1. The summed E-state index contributed by atoms with van der Waals surface area (Å²) in [6.07, 6.45) is 5.09. The number of carbonyl (C=O) groups excluding carboxylic acids is 1. The molecule has 1 aromatic heterocycles. The maximum absolute atomic E-state index is 13.0. The summed E-state index contributed by atoms with van der Waals surface area (Å²) in [5.41, 5.74) is 4.34. The quantitative estimate of drug-likeness (QED) is 0.224. The molecule has 1 amide bonds. The lowest BCUT2D eigenvalue weighted by molar-refractivity contribution is -0.137. The second-order valence-electron chi connectivity index (χ2n) is 9.32. The van der Waals surface area contributed by atoms with Crippen molar-refractivity contribution in [3.63, 3.8) is 0 Å². The molecule has 1 heterocycles. The predicted molar refractivity (Wildman–Crippen MR) is 146 cm³/mol. The molecule has 0 saturated heterocycles. The Kier molecular flexibility index (Phi) is 8.98. The van der Waals surface area contributed by atoms with Gasteiger partial charge in [0.25, 0.3) is 0 Å². The standard InChI is InChI=1S/C31H34N2O4/c1-23(31(36)32-19-18-24-10-4-2-5-11-24)33-21-26(14-8-9-15-30(34)35)28-20-27(16-17-29(28)33)37-22-25-12-6-3-7-13-25/h2-7,10-13,16-17,20-21,23H,8-9,14-15,18-19,22H2,1H3,(H,32,36)(H,34,35). The van der Waals surface area contributed by atoms with Crippen LogP contribution in [0.25, 0.3) is 10.9 Å². The molecule has 4 rings (SSSR count). The summed E-state index contributed by atoms with van der Waals surface area (Å²) >= 11 is 0. The molecule has 192 valence electrons. The predicted octanol–water partition coefficient (Wildman–Crippen LogP) is 5.94. The van der Waals surface area contributed by atoms with E-state index in [1.165, 1.54) is 5.56 Å². The number of benzene rings is 3. The van der Waals surface area contributed by atoms with Gasteiger partial charge in [-0.3, -0.25) is 9.59 Å². The fourth-order valence-electron chi connectivity index (χ4n) is 4.50. The Labute approximate surface area is 217 Å². The van der Waals surface area contributed by atoms with Crippen molar-refractivity contribution >= 4 is 22.8 Å². The van der Waals surface area contributed by atoms with E-state index < -0.39 is 5.97 Å². The van der Waals surface area contributed by atoms with Crippen LogP contribution in [-0.4, -0.2) is 28.1 Å². The Morgan fingerprint density at radius 3 is 2.32 bits per heavy atom. The SMILES string of the molecule is CC(C(=O)NCCc1ccccc1)n1cc(CCCCC(=O)O)c2cc(OCc3ccccc3)ccc21. The van der Waals surface area contributed by atoms with Crippen LogP contribution in [0.15, 0.2) is 85.1 Å². The lowest BCUT2D eigenvalue weighted by Gasteiger charge is -2.16. The molecule has 3 aromatic carbocycles. The number of rotatable bonds is 13. The first-order chi connectivity index (χ1) is 18.0. The van der Waals surface area contributed by atoms with Gasteiger partial charge in [-0.15, -0.1) is 0 Å². The summed E-state index contributed by atoms with van der Waals surface area (Å²) in [6, 6.07) is 25.7. The normalized spacial score (nSPS) is 11.8. The molecule has 0 aliphatic carbocycles. The summed E-state index contributed by atoms with van der Waals surface area (Å²) in [5.74, 6) is -0.0460. The molecule has 1 atom stereocenters. The van der Waals surface area contributed by atoms with Crippen LogP contribution in [0.1, 0.15) is 48.9 Å². The molecular weight excluding hydrogens is 464 g/mol. The second kappa shape index (κ2) is 12.8. The Hall–Kier alpha value is -4.06. The van der Waals surface area contributed by atoms with Crippen molar-refractivity contribution in [2.75, 3.05) is 6.54 Å². The van der Waals surface area contributed by atoms with Crippen molar-refractivity contribution in [1.29, 1.82) is 0 Å². The van der Waals surface area contributed by atoms with Gasteiger partial charge in [-0.2, -0.15) is 0 Å². The first-order valence-corrected chi connectivity index (χ1v) is 12.8. The van der Waals surface area contributed by atoms with Crippen molar-refractivity contribution in [3.8, 4) is 5.75 Å². The number of carboxylic acids is 1. The van der Waals surface area contributed by atoms with Gasteiger partial charge in [-0.1, -0.05) is 60.7 Å². The highest BCUT2D eigenvalue weighted by Crippen LogP contribution is 2.30. The summed E-state index contributed by atoms with van der Waals surface area (Å²) < 4.78 is 8.07. The fourth-order valence-corrected chi connectivity index (χ4v) is 4.50. The van der Waals surface area contributed by atoms with Gasteiger partial charge in [0.15, 0.2) is 0 Å². The Bertz CT molecular complexity index is 1320. The first kappa shape index (κ1) is 26.0. The molecule has 1 unspecified atom stereocenters. The molecule has 37 heavy (non-hydrogen) atoms. The van der Waals surface area contributed by atoms with Crippen molar-refractivity contribution < 1.29 is 19.4 Å². The smallest absolute Gasteiger partial charge is 0.303 e. The molecule has 0 fully saturated rings. The van der Waals surface area contributed by atoms with Gasteiger partial charge >= 0.3 is 5.97 Å². The van der Waals surface area contributed by atoms with Crippen LogP contribution in [0, 0.1) is 0 Å². The van der Waals surface area contributed by atoms with Crippen LogP contribution in [0.3, 0.4) is 0 Å². The highest BCUT2D eigenvalue weighted by molar-refractivity contribution is 5.88. The van der Waals surface area contributed by atoms with Gasteiger partial charge in [-0.25, -0.2) is 0 Å². The third kappa shape index (κ3) is 7.23. The summed E-state index contributed by atoms with van der Waals surface area (Å²) in [6.45, 7) is 2.96. The molecule has 0 bridgehead atoms. The maximum Gasteiger partial charge on any atom is 0.303 e. The van der Waals surface area contributed by atoms with Gasteiger partial charge < -0.3 is 19.7 Å². The minimum atomic E-state index is -0.778. The van der Waals surface area contributed by atoms with E-state index in [9.17, 15) is 9.59 Å². The molecule has 6 nitrogen and oxygen atoms in total. The summed E-state index contributed by atoms with van der Waals surface area (Å²) in [5, 5.41) is 13.1. The lowest BCUT2D eigenvalue weighted by Crippen LogP contribution is -2.32. The number of aliphatic carboxylic acids is 1. The minimum Gasteiger partial charge on any atom is -0.489 e. The van der Waals surface area contributed by atoms with Crippen LogP contribution >= 0.6 is 0 Å². The van der Waals surface area contributed by atoms with E-state index >= 15 is 0 Å². The van der Waals surface area contributed by atoms with Gasteiger partial charge in [0.2, 0.25) is 5.91 Å². The lowest BCUT2D eigenvalue weighted by atomic mass is 10.1. The largest absolute Gasteiger partial charge is 0.489 e. The number of nitrogens with one attached hydrogen (secondary N) is 1. The van der Waals surface area contributed by atoms with Crippen LogP contribution in [-0.2, 0) is 29.0 Å². The molecule has 6 heteroatoms. The molecular formula is C31H34N2O4. The number of hydrogen-bond donors (Lipinski definition) is 2. The van der Waals surface area contributed by atoms with Crippen molar-refractivity contribution in [2.45, 2.75) is 51.7 Å². The monoisotopic (exact) mass is 498 g/mol. The van der Waals surface area contributed by atoms with Crippen LogP contribution in [0.4, 0.5) is 0 Å². The van der Waals surface area contributed by atoms with Gasteiger partial charge in [-0.05, 0) is 67.5 Å². The van der Waals surface area contributed by atoms with E-state index in [1.54, 1.807) is 0 Å². The molecule has 0 saturated carbocycles. The summed E-state index contributed by atoms with van der Waals surface area (Å²) in [4.78, 5) is 24.0. The molecule has 0 aliphatic rings. The van der Waals surface area contributed by atoms with Crippen molar-refractivity contribution in [3.05, 3.63) is 102 Å². The second-order valence-corrected chi connectivity index (χ2v) is 9.32.